The van der Waals surface area contributed by atoms with Crippen molar-refractivity contribution in [2.75, 3.05) is 13.1 Å². The van der Waals surface area contributed by atoms with Gasteiger partial charge in [-0.1, -0.05) is 0 Å². The molecule has 1 amide bonds. The summed E-state index contributed by atoms with van der Waals surface area (Å²) in [5, 5.41) is 4.35. The van der Waals surface area contributed by atoms with Crippen LogP contribution in [-0.2, 0) is 9.47 Å². The molecular weight excluding hydrogens is 322 g/mol. The average molecular weight is 351 g/mol. The SMILES string of the molecule is CC(C)(C)OC(=O)c1ccn(C2CCN(C(=O)OC(C)(C)C)CC2)n1. The van der Waals surface area contributed by atoms with Gasteiger partial charge in [0.05, 0.1) is 6.04 Å². The molecule has 1 aromatic heterocycles. The van der Waals surface area contributed by atoms with E-state index in [-0.39, 0.29) is 12.1 Å². The molecule has 140 valence electrons. The van der Waals surface area contributed by atoms with Crippen LogP contribution >= 0.6 is 0 Å². The lowest BCUT2D eigenvalue weighted by molar-refractivity contribution is 0.00614. The van der Waals surface area contributed by atoms with Crippen molar-refractivity contribution in [3.8, 4) is 0 Å². The van der Waals surface area contributed by atoms with E-state index >= 15 is 0 Å². The summed E-state index contributed by atoms with van der Waals surface area (Å²) in [6.45, 7) is 12.3. The summed E-state index contributed by atoms with van der Waals surface area (Å²) in [6.07, 6.45) is 3.07. The first-order valence-electron chi connectivity index (χ1n) is 8.71. The van der Waals surface area contributed by atoms with E-state index in [4.69, 9.17) is 9.47 Å². The molecule has 2 heterocycles. The van der Waals surface area contributed by atoms with Gasteiger partial charge in [-0.15, -0.1) is 0 Å². The van der Waals surface area contributed by atoms with Gasteiger partial charge in [-0.2, -0.15) is 5.10 Å². The second-order valence-corrected chi connectivity index (χ2v) is 8.38. The first-order valence-corrected chi connectivity index (χ1v) is 8.71. The van der Waals surface area contributed by atoms with Crippen molar-refractivity contribution in [2.24, 2.45) is 0 Å². The number of esters is 1. The van der Waals surface area contributed by atoms with Crippen molar-refractivity contribution >= 4 is 12.1 Å². The summed E-state index contributed by atoms with van der Waals surface area (Å²) in [7, 11) is 0. The van der Waals surface area contributed by atoms with Crippen molar-refractivity contribution < 1.29 is 19.1 Å². The third-order valence-electron chi connectivity index (χ3n) is 3.71. The monoisotopic (exact) mass is 351 g/mol. The highest BCUT2D eigenvalue weighted by molar-refractivity contribution is 5.87. The number of hydrogen-bond acceptors (Lipinski definition) is 5. The van der Waals surface area contributed by atoms with Crippen LogP contribution in [0.2, 0.25) is 0 Å². The van der Waals surface area contributed by atoms with Crippen LogP contribution in [0.3, 0.4) is 0 Å². The maximum absolute atomic E-state index is 12.1. The third-order valence-corrected chi connectivity index (χ3v) is 3.71. The summed E-state index contributed by atoms with van der Waals surface area (Å²) in [4.78, 5) is 25.9. The van der Waals surface area contributed by atoms with Gasteiger partial charge in [0.25, 0.3) is 0 Å². The van der Waals surface area contributed by atoms with E-state index in [1.165, 1.54) is 0 Å². The molecule has 25 heavy (non-hydrogen) atoms. The second kappa shape index (κ2) is 7.06. The Labute approximate surface area is 149 Å². The van der Waals surface area contributed by atoms with Gasteiger partial charge in [-0.3, -0.25) is 4.68 Å². The molecule has 0 radical (unpaired) electrons. The Morgan fingerprint density at radius 2 is 1.60 bits per heavy atom. The summed E-state index contributed by atoms with van der Waals surface area (Å²) < 4.78 is 12.5. The minimum atomic E-state index is -0.542. The van der Waals surface area contributed by atoms with Crippen LogP contribution < -0.4 is 0 Å². The maximum Gasteiger partial charge on any atom is 0.410 e. The van der Waals surface area contributed by atoms with Gasteiger partial charge >= 0.3 is 12.1 Å². The zero-order chi connectivity index (χ0) is 18.8. The molecule has 1 aromatic rings. The third kappa shape index (κ3) is 5.76. The molecule has 0 atom stereocenters. The Balaban J connectivity index is 1.91. The van der Waals surface area contributed by atoms with Crippen LogP contribution in [0.25, 0.3) is 0 Å². The van der Waals surface area contributed by atoms with Crippen LogP contribution in [0.15, 0.2) is 12.3 Å². The van der Waals surface area contributed by atoms with E-state index in [1.807, 2.05) is 41.5 Å². The molecule has 1 fully saturated rings. The lowest BCUT2D eigenvalue weighted by atomic mass is 10.1. The van der Waals surface area contributed by atoms with Gasteiger partial charge in [0, 0.05) is 19.3 Å². The van der Waals surface area contributed by atoms with E-state index in [1.54, 1.807) is 21.8 Å². The molecule has 0 aromatic carbocycles. The summed E-state index contributed by atoms with van der Waals surface area (Å²) >= 11 is 0. The summed E-state index contributed by atoms with van der Waals surface area (Å²) in [6, 6.07) is 1.84. The standard InChI is InChI=1S/C18H29N3O4/c1-17(2,3)24-15(22)14-9-12-21(19-14)13-7-10-20(11-8-13)16(23)25-18(4,5)6/h9,12-13H,7-8,10-11H2,1-6H3. The normalized spacial score (nSPS) is 16.6. The molecule has 1 aliphatic heterocycles. The number of piperidine rings is 1. The number of ether oxygens (including phenoxy) is 2. The van der Waals surface area contributed by atoms with Crippen molar-refractivity contribution in [1.82, 2.24) is 14.7 Å². The fourth-order valence-corrected chi connectivity index (χ4v) is 2.62. The Morgan fingerprint density at radius 1 is 1.04 bits per heavy atom. The molecule has 0 saturated carbocycles. The molecule has 0 N–H and O–H groups in total. The minimum absolute atomic E-state index is 0.162. The van der Waals surface area contributed by atoms with Gasteiger partial charge in [-0.05, 0) is 60.5 Å². The summed E-state index contributed by atoms with van der Waals surface area (Å²) in [5.41, 5.74) is -0.720. The van der Waals surface area contributed by atoms with Crippen molar-refractivity contribution in [3.63, 3.8) is 0 Å². The molecule has 0 aliphatic carbocycles. The largest absolute Gasteiger partial charge is 0.455 e. The number of carbonyl (C=O) groups is 2. The number of likely N-dealkylation sites (tertiary alicyclic amines) is 1. The molecule has 0 spiro atoms. The molecule has 1 saturated heterocycles. The Bertz CT molecular complexity index is 617. The number of amides is 1. The lowest BCUT2D eigenvalue weighted by Crippen LogP contribution is -2.42. The Kier molecular flexibility index (Phi) is 5.44. The number of aromatic nitrogens is 2. The topological polar surface area (TPSA) is 73.7 Å². The quantitative estimate of drug-likeness (QED) is 0.763. The van der Waals surface area contributed by atoms with E-state index in [9.17, 15) is 9.59 Å². The molecular formula is C18H29N3O4. The number of carbonyl (C=O) groups excluding carboxylic acids is 2. The minimum Gasteiger partial charge on any atom is -0.455 e. The molecule has 2 rings (SSSR count). The zero-order valence-corrected chi connectivity index (χ0v) is 16.0. The fourth-order valence-electron chi connectivity index (χ4n) is 2.62. The smallest absolute Gasteiger partial charge is 0.410 e. The van der Waals surface area contributed by atoms with E-state index in [2.05, 4.69) is 5.10 Å². The average Bonchev–Trinajstić information content (AvgIpc) is 2.93. The lowest BCUT2D eigenvalue weighted by Gasteiger charge is -2.33. The van der Waals surface area contributed by atoms with Gasteiger partial charge < -0.3 is 14.4 Å². The fraction of sp³-hybridized carbons (Fsp3) is 0.722. The Morgan fingerprint density at radius 3 is 2.12 bits per heavy atom. The zero-order valence-electron chi connectivity index (χ0n) is 16.0. The Hall–Kier alpha value is -2.05. The van der Waals surface area contributed by atoms with Crippen LogP contribution in [-0.4, -0.2) is 51.0 Å². The summed E-state index contributed by atoms with van der Waals surface area (Å²) in [5.74, 6) is -0.419. The maximum atomic E-state index is 12.1. The molecule has 0 unspecified atom stereocenters. The number of rotatable bonds is 2. The van der Waals surface area contributed by atoms with Gasteiger partial charge in [0.15, 0.2) is 5.69 Å². The van der Waals surface area contributed by atoms with Crippen LogP contribution in [0.5, 0.6) is 0 Å². The highest BCUT2D eigenvalue weighted by Gasteiger charge is 2.28. The van der Waals surface area contributed by atoms with Crippen molar-refractivity contribution in [2.45, 2.75) is 71.6 Å². The van der Waals surface area contributed by atoms with Gasteiger partial charge in [0.2, 0.25) is 0 Å². The van der Waals surface area contributed by atoms with Crippen LogP contribution in [0.4, 0.5) is 4.79 Å². The van der Waals surface area contributed by atoms with Crippen LogP contribution in [0, 0.1) is 0 Å². The van der Waals surface area contributed by atoms with E-state index < -0.39 is 17.2 Å². The molecule has 7 nitrogen and oxygen atoms in total. The van der Waals surface area contributed by atoms with E-state index in [0.29, 0.717) is 18.8 Å². The van der Waals surface area contributed by atoms with E-state index in [0.717, 1.165) is 12.8 Å². The molecule has 0 bridgehead atoms. The molecule has 1 aliphatic rings. The highest BCUT2D eigenvalue weighted by Crippen LogP contribution is 2.24. The van der Waals surface area contributed by atoms with Crippen molar-refractivity contribution in [3.05, 3.63) is 18.0 Å². The van der Waals surface area contributed by atoms with Gasteiger partial charge in [-0.25, -0.2) is 9.59 Å². The predicted molar refractivity (Wildman–Crippen MR) is 93.5 cm³/mol. The number of hydrogen-bond donors (Lipinski definition) is 0. The predicted octanol–water partition coefficient (Wildman–Crippen LogP) is 3.41. The first kappa shape index (κ1) is 19.3. The van der Waals surface area contributed by atoms with Gasteiger partial charge in [0.1, 0.15) is 11.2 Å². The van der Waals surface area contributed by atoms with Crippen molar-refractivity contribution in [1.29, 1.82) is 0 Å². The molecule has 7 heteroatoms. The van der Waals surface area contributed by atoms with Crippen LogP contribution in [0.1, 0.15) is 70.9 Å². The number of nitrogens with zero attached hydrogens (tertiary/aromatic N) is 3. The first-order chi connectivity index (χ1) is 11.4. The highest BCUT2D eigenvalue weighted by atomic mass is 16.6. The second-order valence-electron chi connectivity index (χ2n) is 8.38.